The number of nitrogens with two attached hydrogens (primary N) is 1. The maximum Gasteiger partial charge on any atom is 0.387 e. The molecule has 3 N–H and O–H groups in total. The van der Waals surface area contributed by atoms with Gasteiger partial charge in [-0.05, 0) is 37.8 Å². The zero-order valence-electron chi connectivity index (χ0n) is 11.7. The standard InChI is InChI=1S/C14H17F3N2O2.ClH/c15-8-1-6-11(12(7-8)21-14(16)17)13(20)19-10-4-2-9(18)3-5-10;/h1,6-7,9-10,14H,2-5,18H2,(H,19,20);1H. The smallest absolute Gasteiger partial charge is 0.387 e. The van der Waals surface area contributed by atoms with E-state index >= 15 is 0 Å². The van der Waals surface area contributed by atoms with Crippen LogP contribution >= 0.6 is 12.4 Å². The van der Waals surface area contributed by atoms with E-state index in [0.717, 1.165) is 43.9 Å². The molecule has 1 amide bonds. The number of ether oxygens (including phenoxy) is 1. The lowest BCUT2D eigenvalue weighted by molar-refractivity contribution is -0.0503. The monoisotopic (exact) mass is 338 g/mol. The van der Waals surface area contributed by atoms with Crippen LogP contribution in [0.2, 0.25) is 0 Å². The lowest BCUT2D eigenvalue weighted by Gasteiger charge is -2.27. The van der Waals surface area contributed by atoms with E-state index in [2.05, 4.69) is 10.1 Å². The van der Waals surface area contributed by atoms with Crippen LogP contribution in [0.4, 0.5) is 13.2 Å². The topological polar surface area (TPSA) is 64.3 Å². The third-order valence-corrected chi connectivity index (χ3v) is 3.51. The molecule has 8 heteroatoms. The van der Waals surface area contributed by atoms with E-state index in [-0.39, 0.29) is 30.1 Å². The van der Waals surface area contributed by atoms with Gasteiger partial charge in [-0.3, -0.25) is 4.79 Å². The molecule has 1 saturated carbocycles. The van der Waals surface area contributed by atoms with Gasteiger partial charge in [0.05, 0.1) is 5.56 Å². The lowest BCUT2D eigenvalue weighted by atomic mass is 9.91. The predicted molar refractivity (Wildman–Crippen MR) is 78.0 cm³/mol. The van der Waals surface area contributed by atoms with Crippen molar-refractivity contribution in [1.82, 2.24) is 5.32 Å². The zero-order valence-corrected chi connectivity index (χ0v) is 12.5. The molecule has 0 bridgehead atoms. The molecule has 0 radical (unpaired) electrons. The van der Waals surface area contributed by atoms with Crippen LogP contribution in [-0.4, -0.2) is 24.6 Å². The van der Waals surface area contributed by atoms with Crippen LogP contribution < -0.4 is 15.8 Å². The highest BCUT2D eigenvalue weighted by molar-refractivity contribution is 5.97. The van der Waals surface area contributed by atoms with Crippen molar-refractivity contribution in [3.05, 3.63) is 29.6 Å². The van der Waals surface area contributed by atoms with Crippen molar-refractivity contribution >= 4 is 18.3 Å². The Balaban J connectivity index is 0.00000242. The Morgan fingerprint density at radius 1 is 1.27 bits per heavy atom. The molecule has 22 heavy (non-hydrogen) atoms. The molecular weight excluding hydrogens is 321 g/mol. The van der Waals surface area contributed by atoms with Crippen molar-refractivity contribution in [3.63, 3.8) is 0 Å². The quantitative estimate of drug-likeness (QED) is 0.887. The Bertz CT molecular complexity index is 509. The van der Waals surface area contributed by atoms with Crippen molar-refractivity contribution in [3.8, 4) is 5.75 Å². The average molecular weight is 339 g/mol. The number of hydrogen-bond acceptors (Lipinski definition) is 3. The van der Waals surface area contributed by atoms with Gasteiger partial charge in [0.2, 0.25) is 0 Å². The van der Waals surface area contributed by atoms with Gasteiger partial charge in [0.1, 0.15) is 11.6 Å². The second kappa shape index (κ2) is 8.24. The van der Waals surface area contributed by atoms with Crippen molar-refractivity contribution in [2.75, 3.05) is 0 Å². The Hall–Kier alpha value is -1.47. The number of nitrogens with one attached hydrogen (secondary N) is 1. The molecule has 0 atom stereocenters. The van der Waals surface area contributed by atoms with Gasteiger partial charge in [-0.1, -0.05) is 0 Å². The SMILES string of the molecule is Cl.NC1CCC(NC(=O)c2ccc(F)cc2OC(F)F)CC1. The summed E-state index contributed by atoms with van der Waals surface area (Å²) in [4.78, 5) is 12.1. The number of rotatable bonds is 4. The van der Waals surface area contributed by atoms with Gasteiger partial charge in [0, 0.05) is 18.2 Å². The Morgan fingerprint density at radius 2 is 1.91 bits per heavy atom. The van der Waals surface area contributed by atoms with Crippen molar-refractivity contribution in [1.29, 1.82) is 0 Å². The first kappa shape index (κ1) is 18.6. The number of hydrogen-bond donors (Lipinski definition) is 2. The summed E-state index contributed by atoms with van der Waals surface area (Å²) in [7, 11) is 0. The largest absolute Gasteiger partial charge is 0.434 e. The second-order valence-corrected chi connectivity index (χ2v) is 5.10. The number of benzene rings is 1. The summed E-state index contributed by atoms with van der Waals surface area (Å²) < 4.78 is 41.9. The van der Waals surface area contributed by atoms with E-state index < -0.39 is 24.1 Å². The van der Waals surface area contributed by atoms with Crippen LogP contribution in [-0.2, 0) is 0 Å². The summed E-state index contributed by atoms with van der Waals surface area (Å²) in [5.74, 6) is -1.76. The third kappa shape index (κ3) is 5.06. The molecule has 1 fully saturated rings. The first-order valence-corrected chi connectivity index (χ1v) is 6.76. The predicted octanol–water partition coefficient (Wildman–Crippen LogP) is 2.85. The third-order valence-electron chi connectivity index (χ3n) is 3.51. The van der Waals surface area contributed by atoms with Gasteiger partial charge in [0.25, 0.3) is 5.91 Å². The summed E-state index contributed by atoms with van der Waals surface area (Å²) >= 11 is 0. The first-order valence-electron chi connectivity index (χ1n) is 6.76. The molecule has 1 aliphatic carbocycles. The molecule has 0 heterocycles. The van der Waals surface area contributed by atoms with Crippen LogP contribution in [0.3, 0.4) is 0 Å². The minimum absolute atomic E-state index is 0. The van der Waals surface area contributed by atoms with E-state index in [1.54, 1.807) is 0 Å². The molecule has 0 aliphatic heterocycles. The molecule has 0 aromatic heterocycles. The second-order valence-electron chi connectivity index (χ2n) is 5.10. The molecule has 2 rings (SSSR count). The molecular formula is C14H18ClF3N2O2. The van der Waals surface area contributed by atoms with Gasteiger partial charge in [0.15, 0.2) is 0 Å². The van der Waals surface area contributed by atoms with Gasteiger partial charge in [-0.25, -0.2) is 4.39 Å². The summed E-state index contributed by atoms with van der Waals surface area (Å²) in [5, 5.41) is 2.75. The molecule has 1 aromatic carbocycles. The van der Waals surface area contributed by atoms with Gasteiger partial charge in [-0.2, -0.15) is 8.78 Å². The van der Waals surface area contributed by atoms with E-state index in [1.165, 1.54) is 0 Å². The maximum atomic E-state index is 13.1. The van der Waals surface area contributed by atoms with E-state index in [0.29, 0.717) is 0 Å². The molecule has 1 aromatic rings. The highest BCUT2D eigenvalue weighted by Crippen LogP contribution is 2.23. The molecule has 1 aliphatic rings. The summed E-state index contributed by atoms with van der Waals surface area (Å²) in [5.41, 5.74) is 5.67. The maximum absolute atomic E-state index is 13.1. The van der Waals surface area contributed by atoms with Crippen molar-refractivity contribution in [2.45, 2.75) is 44.4 Å². The Kier molecular flexibility index (Phi) is 6.96. The summed E-state index contributed by atoms with van der Waals surface area (Å²) in [6, 6.07) is 3.03. The zero-order chi connectivity index (χ0) is 15.4. The lowest BCUT2D eigenvalue weighted by Crippen LogP contribution is -2.40. The number of halogens is 4. The molecule has 124 valence electrons. The molecule has 0 unspecified atom stereocenters. The van der Waals surface area contributed by atoms with Crippen LogP contribution in [0.15, 0.2) is 18.2 Å². The van der Waals surface area contributed by atoms with E-state index in [1.807, 2.05) is 0 Å². The fourth-order valence-corrected chi connectivity index (χ4v) is 2.40. The normalized spacial score (nSPS) is 21.1. The van der Waals surface area contributed by atoms with Gasteiger partial charge < -0.3 is 15.8 Å². The highest BCUT2D eigenvalue weighted by Gasteiger charge is 2.23. The molecule has 0 spiro atoms. The average Bonchev–Trinajstić information content (AvgIpc) is 2.40. The Morgan fingerprint density at radius 3 is 2.50 bits per heavy atom. The van der Waals surface area contributed by atoms with Crippen LogP contribution in [0, 0.1) is 5.82 Å². The minimum Gasteiger partial charge on any atom is -0.434 e. The highest BCUT2D eigenvalue weighted by atomic mass is 35.5. The van der Waals surface area contributed by atoms with Gasteiger partial charge in [-0.15, -0.1) is 12.4 Å². The van der Waals surface area contributed by atoms with Crippen molar-refractivity contribution in [2.24, 2.45) is 5.73 Å². The van der Waals surface area contributed by atoms with Crippen LogP contribution in [0.5, 0.6) is 5.75 Å². The Labute approximate surface area is 132 Å². The van der Waals surface area contributed by atoms with Crippen LogP contribution in [0.25, 0.3) is 0 Å². The fourth-order valence-electron chi connectivity index (χ4n) is 2.40. The van der Waals surface area contributed by atoms with Gasteiger partial charge >= 0.3 is 6.61 Å². The van der Waals surface area contributed by atoms with Crippen molar-refractivity contribution < 1.29 is 22.7 Å². The van der Waals surface area contributed by atoms with E-state index in [9.17, 15) is 18.0 Å². The molecule has 0 saturated heterocycles. The summed E-state index contributed by atoms with van der Waals surface area (Å²) in [6.45, 7) is -3.12. The summed E-state index contributed by atoms with van der Waals surface area (Å²) in [6.07, 6.45) is 3.07. The molecule has 4 nitrogen and oxygen atoms in total. The fraction of sp³-hybridized carbons (Fsp3) is 0.500. The number of carbonyl (C=O) groups excluding carboxylic acids is 1. The van der Waals surface area contributed by atoms with Crippen LogP contribution in [0.1, 0.15) is 36.0 Å². The number of amides is 1. The number of alkyl halides is 2. The van der Waals surface area contributed by atoms with E-state index in [4.69, 9.17) is 5.73 Å². The number of carbonyl (C=O) groups is 1. The minimum atomic E-state index is -3.12. The first-order chi connectivity index (χ1) is 9.95.